The maximum absolute atomic E-state index is 5.36. The Morgan fingerprint density at radius 3 is 2.67 bits per heavy atom. The molecule has 2 rings (SSSR count). The van der Waals surface area contributed by atoms with Crippen molar-refractivity contribution in [3.63, 3.8) is 0 Å². The normalized spacial score (nSPS) is 23.7. The molecule has 1 unspecified atom stereocenters. The highest BCUT2D eigenvalue weighted by molar-refractivity contribution is 5.79. The van der Waals surface area contributed by atoms with Gasteiger partial charge in [-0.05, 0) is 62.8 Å². The van der Waals surface area contributed by atoms with Gasteiger partial charge in [0, 0.05) is 46.4 Å². The second-order valence-corrected chi connectivity index (χ2v) is 9.19. The number of nitrogens with zero attached hydrogens (tertiary/aromatic N) is 2. The number of ether oxygens (including phenoxy) is 1. The summed E-state index contributed by atoms with van der Waals surface area (Å²) in [6.07, 6.45) is 9.08. The molecule has 2 N–H and O–H groups in total. The van der Waals surface area contributed by atoms with E-state index in [0.29, 0.717) is 5.41 Å². The zero-order valence-corrected chi connectivity index (χ0v) is 18.4. The predicted octanol–water partition coefficient (Wildman–Crippen LogP) is 3.51. The van der Waals surface area contributed by atoms with Gasteiger partial charge in [0.05, 0.1) is 0 Å². The second-order valence-electron chi connectivity index (χ2n) is 9.19. The Hall–Kier alpha value is -0.810. The van der Waals surface area contributed by atoms with E-state index in [0.717, 1.165) is 50.5 Å². The Labute approximate surface area is 167 Å². The lowest BCUT2D eigenvalue weighted by atomic mass is 9.83. The lowest BCUT2D eigenvalue weighted by Crippen LogP contribution is -2.45. The highest BCUT2D eigenvalue weighted by Gasteiger charge is 2.33. The van der Waals surface area contributed by atoms with Crippen LogP contribution in [-0.2, 0) is 4.74 Å². The maximum Gasteiger partial charge on any atom is 0.191 e. The monoisotopic (exact) mass is 380 g/mol. The molecule has 1 atom stereocenters. The summed E-state index contributed by atoms with van der Waals surface area (Å²) in [5, 5.41) is 7.10. The Kier molecular flexibility index (Phi) is 9.91. The Balaban J connectivity index is 1.85. The molecule has 1 saturated carbocycles. The van der Waals surface area contributed by atoms with Crippen molar-refractivity contribution in [1.82, 2.24) is 15.5 Å². The van der Waals surface area contributed by atoms with E-state index < -0.39 is 0 Å². The number of aliphatic imine (C=N–C) groups is 1. The van der Waals surface area contributed by atoms with Gasteiger partial charge < -0.3 is 20.3 Å². The van der Waals surface area contributed by atoms with Gasteiger partial charge in [-0.25, -0.2) is 0 Å². The maximum atomic E-state index is 5.36. The Bertz CT molecular complexity index is 432. The number of piperidine rings is 1. The Morgan fingerprint density at radius 1 is 1.22 bits per heavy atom. The molecule has 0 aromatic rings. The van der Waals surface area contributed by atoms with Crippen LogP contribution in [0.25, 0.3) is 0 Å². The molecule has 5 heteroatoms. The molecule has 5 nitrogen and oxygen atoms in total. The van der Waals surface area contributed by atoms with Crippen LogP contribution in [0.15, 0.2) is 4.99 Å². The highest BCUT2D eigenvalue weighted by Crippen LogP contribution is 2.41. The summed E-state index contributed by atoms with van der Waals surface area (Å²) < 4.78 is 5.36. The topological polar surface area (TPSA) is 48.9 Å². The van der Waals surface area contributed by atoms with Crippen LogP contribution in [-0.4, -0.2) is 63.8 Å². The predicted molar refractivity (Wildman–Crippen MR) is 115 cm³/mol. The number of guanidine groups is 1. The third kappa shape index (κ3) is 7.98. The third-order valence-electron chi connectivity index (χ3n) is 6.20. The summed E-state index contributed by atoms with van der Waals surface area (Å²) in [4.78, 5) is 7.64. The first-order chi connectivity index (χ1) is 13.1. The zero-order valence-electron chi connectivity index (χ0n) is 18.4. The van der Waals surface area contributed by atoms with Gasteiger partial charge in [-0.3, -0.25) is 4.99 Å². The van der Waals surface area contributed by atoms with Crippen LogP contribution >= 0.6 is 0 Å². The van der Waals surface area contributed by atoms with Gasteiger partial charge in [-0.1, -0.05) is 26.7 Å². The SMILES string of the molecule is CCNC(=NCC1(CCOC)CCCC1)NCC1CCCN(CC(C)C)C1. The first-order valence-corrected chi connectivity index (χ1v) is 11.3. The highest BCUT2D eigenvalue weighted by atomic mass is 16.5. The molecule has 1 saturated heterocycles. The van der Waals surface area contributed by atoms with Crippen molar-refractivity contribution < 1.29 is 4.74 Å². The molecule has 0 radical (unpaired) electrons. The summed E-state index contributed by atoms with van der Waals surface area (Å²) in [5.41, 5.74) is 0.358. The minimum Gasteiger partial charge on any atom is -0.385 e. The molecule has 0 aromatic heterocycles. The lowest BCUT2D eigenvalue weighted by molar-refractivity contribution is 0.141. The van der Waals surface area contributed by atoms with Gasteiger partial charge in [0.2, 0.25) is 0 Å². The van der Waals surface area contributed by atoms with Crippen molar-refractivity contribution in [2.24, 2.45) is 22.2 Å². The molecular formula is C22H44N4O. The number of likely N-dealkylation sites (tertiary alicyclic amines) is 1. The summed E-state index contributed by atoms with van der Waals surface area (Å²) >= 11 is 0. The lowest BCUT2D eigenvalue weighted by Gasteiger charge is -2.34. The van der Waals surface area contributed by atoms with Crippen LogP contribution in [0.4, 0.5) is 0 Å². The molecule has 0 bridgehead atoms. The standard InChI is InChI=1S/C22H44N4O/c1-5-23-21(25-18-22(12-14-27-4)10-6-7-11-22)24-15-20-9-8-13-26(17-20)16-19(2)3/h19-20H,5-18H2,1-4H3,(H2,23,24,25). The molecule has 1 aliphatic carbocycles. The minimum atomic E-state index is 0.358. The second kappa shape index (κ2) is 11.9. The van der Waals surface area contributed by atoms with Crippen LogP contribution in [0.3, 0.4) is 0 Å². The quantitative estimate of drug-likeness (QED) is 0.450. The summed E-state index contributed by atoms with van der Waals surface area (Å²) in [7, 11) is 1.81. The van der Waals surface area contributed by atoms with E-state index >= 15 is 0 Å². The van der Waals surface area contributed by atoms with E-state index in [9.17, 15) is 0 Å². The van der Waals surface area contributed by atoms with Crippen molar-refractivity contribution in [2.75, 3.05) is 53.0 Å². The first-order valence-electron chi connectivity index (χ1n) is 11.3. The van der Waals surface area contributed by atoms with Gasteiger partial charge in [-0.2, -0.15) is 0 Å². The minimum absolute atomic E-state index is 0.358. The van der Waals surface area contributed by atoms with Crippen molar-refractivity contribution in [1.29, 1.82) is 0 Å². The van der Waals surface area contributed by atoms with E-state index in [1.807, 2.05) is 7.11 Å². The average molecular weight is 381 g/mol. The third-order valence-corrected chi connectivity index (χ3v) is 6.20. The first kappa shape index (κ1) is 22.5. The molecule has 0 aromatic carbocycles. The largest absolute Gasteiger partial charge is 0.385 e. The molecule has 27 heavy (non-hydrogen) atoms. The summed E-state index contributed by atoms with van der Waals surface area (Å²) in [6, 6.07) is 0. The number of hydrogen-bond donors (Lipinski definition) is 2. The fraction of sp³-hybridized carbons (Fsp3) is 0.955. The van der Waals surface area contributed by atoms with Crippen molar-refractivity contribution in [3.05, 3.63) is 0 Å². The molecule has 158 valence electrons. The molecule has 0 spiro atoms. The van der Waals surface area contributed by atoms with Crippen molar-refractivity contribution >= 4 is 5.96 Å². The smallest absolute Gasteiger partial charge is 0.191 e. The molecule has 2 fully saturated rings. The molecule has 1 heterocycles. The number of nitrogens with one attached hydrogen (secondary N) is 2. The van der Waals surface area contributed by atoms with E-state index in [1.165, 1.54) is 58.2 Å². The molecular weight excluding hydrogens is 336 g/mol. The van der Waals surface area contributed by atoms with Gasteiger partial charge in [0.15, 0.2) is 5.96 Å². The van der Waals surface area contributed by atoms with Crippen LogP contribution in [0.1, 0.15) is 65.7 Å². The average Bonchev–Trinajstić information content (AvgIpc) is 3.11. The number of hydrogen-bond acceptors (Lipinski definition) is 3. The van der Waals surface area contributed by atoms with Crippen LogP contribution < -0.4 is 10.6 Å². The molecule has 0 amide bonds. The molecule has 1 aliphatic heterocycles. The van der Waals surface area contributed by atoms with Gasteiger partial charge in [-0.15, -0.1) is 0 Å². The van der Waals surface area contributed by atoms with E-state index in [-0.39, 0.29) is 0 Å². The summed E-state index contributed by atoms with van der Waals surface area (Å²) in [5.74, 6) is 2.49. The van der Waals surface area contributed by atoms with Gasteiger partial charge in [0.25, 0.3) is 0 Å². The van der Waals surface area contributed by atoms with Gasteiger partial charge in [0.1, 0.15) is 0 Å². The summed E-state index contributed by atoms with van der Waals surface area (Å²) in [6.45, 7) is 14.2. The number of rotatable bonds is 10. The van der Waals surface area contributed by atoms with Crippen LogP contribution in [0, 0.1) is 17.3 Å². The van der Waals surface area contributed by atoms with Gasteiger partial charge >= 0.3 is 0 Å². The van der Waals surface area contributed by atoms with Crippen molar-refractivity contribution in [3.8, 4) is 0 Å². The fourth-order valence-electron chi connectivity index (χ4n) is 4.76. The van der Waals surface area contributed by atoms with Crippen LogP contribution in [0.5, 0.6) is 0 Å². The number of methoxy groups -OCH3 is 1. The van der Waals surface area contributed by atoms with E-state index in [1.54, 1.807) is 0 Å². The fourth-order valence-corrected chi connectivity index (χ4v) is 4.76. The Morgan fingerprint density at radius 2 is 2.00 bits per heavy atom. The van der Waals surface area contributed by atoms with Crippen molar-refractivity contribution in [2.45, 2.75) is 65.7 Å². The van der Waals surface area contributed by atoms with E-state index in [2.05, 4.69) is 36.3 Å². The zero-order chi connectivity index (χ0) is 19.5. The molecule has 2 aliphatic rings. The van der Waals surface area contributed by atoms with E-state index in [4.69, 9.17) is 9.73 Å². The van der Waals surface area contributed by atoms with Crippen LogP contribution in [0.2, 0.25) is 0 Å².